The number of nitrogens with zero attached hydrogens (tertiary/aromatic N) is 1. The second-order valence-electron chi connectivity index (χ2n) is 5.25. The van der Waals surface area contributed by atoms with Gasteiger partial charge in [0.15, 0.2) is 0 Å². The number of carbonyl (C=O) groups excluding carboxylic acids is 1. The summed E-state index contributed by atoms with van der Waals surface area (Å²) in [5.74, 6) is 0.179. The van der Waals surface area contributed by atoms with Crippen LogP contribution in [0.5, 0.6) is 0 Å². The minimum Gasteiger partial charge on any atom is -0.378 e. The largest absolute Gasteiger partial charge is 0.378 e. The molecule has 3 rings (SSSR count). The van der Waals surface area contributed by atoms with E-state index in [-0.39, 0.29) is 17.6 Å². The molecule has 0 unspecified atom stereocenters. The lowest BCUT2D eigenvalue weighted by molar-refractivity contribution is -0.174. The summed E-state index contributed by atoms with van der Waals surface area (Å²) in [7, 11) is 0. The predicted molar refractivity (Wildman–Crippen MR) is 61.7 cm³/mol. The Kier molecular flexibility index (Phi) is 3.06. The van der Waals surface area contributed by atoms with Crippen LogP contribution in [0.2, 0.25) is 0 Å². The van der Waals surface area contributed by atoms with Crippen LogP contribution in [-0.2, 0) is 14.3 Å². The van der Waals surface area contributed by atoms with E-state index in [0.29, 0.717) is 13.2 Å². The molecule has 0 radical (unpaired) electrons. The molecule has 1 amide bonds. The maximum absolute atomic E-state index is 11.7. The summed E-state index contributed by atoms with van der Waals surface area (Å²) < 4.78 is 11.5. The zero-order valence-electron chi connectivity index (χ0n) is 10.1. The van der Waals surface area contributed by atoms with E-state index in [9.17, 15) is 4.79 Å². The molecule has 0 aromatic rings. The van der Waals surface area contributed by atoms with Crippen LogP contribution >= 0.6 is 0 Å². The molecule has 5 nitrogen and oxygen atoms in total. The second-order valence-corrected chi connectivity index (χ2v) is 5.25. The monoisotopic (exact) mass is 240 g/mol. The number of rotatable bonds is 1. The van der Waals surface area contributed by atoms with Crippen LogP contribution in [0.4, 0.5) is 0 Å². The van der Waals surface area contributed by atoms with Crippen molar-refractivity contribution >= 4 is 5.91 Å². The molecule has 0 saturated carbocycles. The van der Waals surface area contributed by atoms with Gasteiger partial charge in [-0.05, 0) is 19.3 Å². The number of nitrogens with one attached hydrogen (secondary N) is 1. The minimum atomic E-state index is -0.153. The highest BCUT2D eigenvalue weighted by Crippen LogP contribution is 2.29. The first-order valence-corrected chi connectivity index (χ1v) is 6.53. The lowest BCUT2D eigenvalue weighted by atomic mass is 9.93. The van der Waals surface area contributed by atoms with E-state index in [1.807, 2.05) is 0 Å². The molecule has 17 heavy (non-hydrogen) atoms. The smallest absolute Gasteiger partial charge is 0.237 e. The van der Waals surface area contributed by atoms with Gasteiger partial charge in [-0.1, -0.05) is 0 Å². The number of hydrogen-bond acceptors (Lipinski definition) is 4. The van der Waals surface area contributed by atoms with Crippen LogP contribution < -0.4 is 5.32 Å². The van der Waals surface area contributed by atoms with E-state index in [2.05, 4.69) is 10.2 Å². The number of amides is 1. The van der Waals surface area contributed by atoms with Gasteiger partial charge in [-0.2, -0.15) is 0 Å². The first kappa shape index (κ1) is 11.4. The van der Waals surface area contributed by atoms with Crippen LogP contribution in [0.15, 0.2) is 0 Å². The first-order chi connectivity index (χ1) is 8.29. The van der Waals surface area contributed by atoms with Crippen molar-refractivity contribution in [3.63, 3.8) is 0 Å². The molecule has 5 heteroatoms. The van der Waals surface area contributed by atoms with Gasteiger partial charge in [0.05, 0.1) is 19.3 Å². The molecule has 2 atom stereocenters. The van der Waals surface area contributed by atoms with E-state index < -0.39 is 0 Å². The van der Waals surface area contributed by atoms with Crippen LogP contribution in [0.3, 0.4) is 0 Å². The van der Waals surface area contributed by atoms with Crippen molar-refractivity contribution in [2.75, 3.05) is 39.5 Å². The van der Waals surface area contributed by atoms with Crippen molar-refractivity contribution < 1.29 is 14.3 Å². The zero-order valence-corrected chi connectivity index (χ0v) is 10.1. The summed E-state index contributed by atoms with van der Waals surface area (Å²) in [5, 5.41) is 2.91. The Bertz CT molecular complexity index is 297. The van der Waals surface area contributed by atoms with E-state index in [1.165, 1.54) is 0 Å². The highest BCUT2D eigenvalue weighted by atomic mass is 16.5. The molecule has 3 aliphatic heterocycles. The maximum Gasteiger partial charge on any atom is 0.237 e. The molecular weight excluding hydrogens is 220 g/mol. The molecular formula is C12H20N2O3. The number of hydrogen-bond donors (Lipinski definition) is 1. The predicted octanol–water partition coefficient (Wildman–Crippen LogP) is -0.244. The fourth-order valence-electron chi connectivity index (χ4n) is 3.13. The molecule has 0 aromatic carbocycles. The van der Waals surface area contributed by atoms with Gasteiger partial charge in [0.2, 0.25) is 5.91 Å². The zero-order chi connectivity index (χ0) is 11.7. The van der Waals surface area contributed by atoms with Crippen molar-refractivity contribution in [1.82, 2.24) is 10.2 Å². The minimum absolute atomic E-state index is 0.0534. The van der Waals surface area contributed by atoms with Gasteiger partial charge in [-0.15, -0.1) is 0 Å². The van der Waals surface area contributed by atoms with Crippen LogP contribution in [0, 0.1) is 0 Å². The summed E-state index contributed by atoms with van der Waals surface area (Å²) in [6.07, 6.45) is 3.04. The van der Waals surface area contributed by atoms with Gasteiger partial charge < -0.3 is 14.8 Å². The highest BCUT2D eigenvalue weighted by Gasteiger charge is 2.42. The molecule has 96 valence electrons. The van der Waals surface area contributed by atoms with Crippen molar-refractivity contribution in [3.8, 4) is 0 Å². The third-order valence-corrected chi connectivity index (χ3v) is 4.02. The second kappa shape index (κ2) is 4.55. The molecule has 3 heterocycles. The topological polar surface area (TPSA) is 50.8 Å². The van der Waals surface area contributed by atoms with E-state index in [1.54, 1.807) is 0 Å². The number of carbonyl (C=O) groups is 1. The summed E-state index contributed by atoms with van der Waals surface area (Å²) >= 11 is 0. The lowest BCUT2D eigenvalue weighted by Gasteiger charge is -2.45. The average Bonchev–Trinajstić information content (AvgIpc) is 2.77. The van der Waals surface area contributed by atoms with Gasteiger partial charge in [-0.3, -0.25) is 9.69 Å². The Hall–Kier alpha value is -0.650. The Morgan fingerprint density at radius 3 is 3.06 bits per heavy atom. The Morgan fingerprint density at radius 1 is 1.41 bits per heavy atom. The summed E-state index contributed by atoms with van der Waals surface area (Å²) in [5.41, 5.74) is -0.153. The van der Waals surface area contributed by atoms with Crippen molar-refractivity contribution in [2.24, 2.45) is 0 Å². The quantitative estimate of drug-likeness (QED) is 0.687. The van der Waals surface area contributed by atoms with Crippen LogP contribution in [-0.4, -0.2) is 61.9 Å². The Morgan fingerprint density at radius 2 is 2.35 bits per heavy atom. The molecule has 0 aliphatic carbocycles. The third kappa shape index (κ3) is 2.19. The molecule has 0 aromatic heterocycles. The highest BCUT2D eigenvalue weighted by molar-refractivity contribution is 5.83. The summed E-state index contributed by atoms with van der Waals surface area (Å²) in [6.45, 7) is 4.75. The number of ether oxygens (including phenoxy) is 2. The van der Waals surface area contributed by atoms with Crippen molar-refractivity contribution in [1.29, 1.82) is 0 Å². The Balaban J connectivity index is 1.68. The third-order valence-electron chi connectivity index (χ3n) is 4.02. The first-order valence-electron chi connectivity index (χ1n) is 6.53. The van der Waals surface area contributed by atoms with E-state index in [0.717, 1.165) is 45.5 Å². The van der Waals surface area contributed by atoms with Crippen LogP contribution in [0.25, 0.3) is 0 Å². The fourth-order valence-corrected chi connectivity index (χ4v) is 3.13. The van der Waals surface area contributed by atoms with Crippen molar-refractivity contribution in [3.05, 3.63) is 0 Å². The number of morpholine rings is 1. The molecule has 0 bridgehead atoms. The van der Waals surface area contributed by atoms with Gasteiger partial charge in [0.25, 0.3) is 0 Å². The molecule has 3 aliphatic rings. The Labute approximate surface area is 101 Å². The van der Waals surface area contributed by atoms with E-state index >= 15 is 0 Å². The summed E-state index contributed by atoms with van der Waals surface area (Å²) in [6, 6.07) is 0.0534. The maximum atomic E-state index is 11.7. The van der Waals surface area contributed by atoms with Crippen molar-refractivity contribution in [2.45, 2.75) is 30.9 Å². The van der Waals surface area contributed by atoms with Gasteiger partial charge in [0.1, 0.15) is 5.60 Å². The van der Waals surface area contributed by atoms with Gasteiger partial charge in [0, 0.05) is 26.2 Å². The fraction of sp³-hybridized carbons (Fsp3) is 0.917. The van der Waals surface area contributed by atoms with Gasteiger partial charge in [-0.25, -0.2) is 0 Å². The molecule has 1 N–H and O–H groups in total. The molecule has 3 fully saturated rings. The normalized spacial score (nSPS) is 39.5. The van der Waals surface area contributed by atoms with Crippen LogP contribution in [0.1, 0.15) is 19.3 Å². The summed E-state index contributed by atoms with van der Waals surface area (Å²) in [4.78, 5) is 14.0. The lowest BCUT2D eigenvalue weighted by Crippen LogP contribution is -2.59. The average molecular weight is 240 g/mol. The van der Waals surface area contributed by atoms with Gasteiger partial charge >= 0.3 is 0 Å². The molecule has 3 saturated heterocycles. The van der Waals surface area contributed by atoms with E-state index in [4.69, 9.17) is 9.47 Å². The standard InChI is InChI=1S/C12H20N2O3/c15-11-10(2-4-13-11)14-5-7-17-12(8-14)3-1-6-16-9-12/h10H,1-9H2,(H,13,15)/t10-,12-/m0/s1. The SMILES string of the molecule is O=C1NCC[C@@H]1N1CCO[C@@]2(CCCOC2)C1. The molecule has 1 spiro atoms.